The van der Waals surface area contributed by atoms with Gasteiger partial charge in [0.1, 0.15) is 5.82 Å². The van der Waals surface area contributed by atoms with Gasteiger partial charge in [0.25, 0.3) is 0 Å². The van der Waals surface area contributed by atoms with Crippen molar-refractivity contribution in [2.24, 2.45) is 5.92 Å². The third-order valence-corrected chi connectivity index (χ3v) is 6.82. The van der Waals surface area contributed by atoms with E-state index in [2.05, 4.69) is 26.9 Å². The number of hydrogen-bond donors (Lipinski definition) is 0. The lowest BCUT2D eigenvalue weighted by Gasteiger charge is -2.34. The van der Waals surface area contributed by atoms with Crippen molar-refractivity contribution in [3.8, 4) is 0 Å². The van der Waals surface area contributed by atoms with Crippen molar-refractivity contribution in [3.05, 3.63) is 41.6 Å². The Morgan fingerprint density at radius 2 is 2.07 bits per heavy atom. The van der Waals surface area contributed by atoms with Crippen LogP contribution in [0.5, 0.6) is 0 Å². The second-order valence-corrected chi connectivity index (χ2v) is 8.93. The molecular weight excluding hydrogens is 406 g/mol. The minimum Gasteiger partial charge on any atom is -0.466 e. The molecule has 0 unspecified atom stereocenters. The zero-order valence-electron chi connectivity index (χ0n) is 16.6. The van der Waals surface area contributed by atoms with E-state index in [9.17, 15) is 4.79 Å². The van der Waals surface area contributed by atoms with Gasteiger partial charge in [-0.2, -0.15) is 0 Å². The molecule has 1 fully saturated rings. The van der Waals surface area contributed by atoms with Gasteiger partial charge in [-0.05, 0) is 76.2 Å². The summed E-state index contributed by atoms with van der Waals surface area (Å²) in [5.74, 6) is 1.06. The van der Waals surface area contributed by atoms with E-state index in [4.69, 9.17) is 16.3 Å². The SMILES string of the molecule is CCOC(=O)C1CCN(CCCN2c3ccc(Cl)cc3Sc3cccnc32)CC1. The fourth-order valence-corrected chi connectivity index (χ4v) is 5.36. The van der Waals surface area contributed by atoms with Crippen LogP contribution < -0.4 is 4.90 Å². The number of anilines is 2. The molecule has 1 saturated heterocycles. The van der Waals surface area contributed by atoms with Crippen LogP contribution in [-0.4, -0.2) is 48.6 Å². The van der Waals surface area contributed by atoms with Crippen molar-refractivity contribution in [1.82, 2.24) is 9.88 Å². The predicted octanol–water partition coefficient (Wildman–Crippen LogP) is 5.00. The minimum atomic E-state index is -0.0316. The molecule has 7 heteroatoms. The lowest BCUT2D eigenvalue weighted by atomic mass is 9.97. The molecule has 0 amide bonds. The van der Waals surface area contributed by atoms with Crippen molar-refractivity contribution < 1.29 is 9.53 Å². The van der Waals surface area contributed by atoms with E-state index in [0.717, 1.165) is 61.2 Å². The number of aromatic nitrogens is 1. The summed E-state index contributed by atoms with van der Waals surface area (Å²) >= 11 is 7.95. The van der Waals surface area contributed by atoms with Gasteiger partial charge in [0.05, 0.1) is 23.1 Å². The van der Waals surface area contributed by atoms with Crippen LogP contribution in [0.2, 0.25) is 5.02 Å². The zero-order chi connectivity index (χ0) is 20.2. The fourth-order valence-electron chi connectivity index (χ4n) is 4.02. The van der Waals surface area contributed by atoms with Crippen molar-refractivity contribution >= 4 is 40.8 Å². The lowest BCUT2D eigenvalue weighted by molar-refractivity contribution is -0.149. The Morgan fingerprint density at radius 1 is 1.24 bits per heavy atom. The highest BCUT2D eigenvalue weighted by Crippen LogP contribution is 2.47. The van der Waals surface area contributed by atoms with E-state index in [1.165, 1.54) is 10.6 Å². The first-order chi connectivity index (χ1) is 14.2. The third kappa shape index (κ3) is 4.71. The van der Waals surface area contributed by atoms with Crippen LogP contribution in [0.4, 0.5) is 11.5 Å². The number of hydrogen-bond acceptors (Lipinski definition) is 6. The zero-order valence-corrected chi connectivity index (χ0v) is 18.2. The number of carbonyl (C=O) groups excluding carboxylic acids is 1. The molecule has 2 aliphatic rings. The van der Waals surface area contributed by atoms with E-state index < -0.39 is 0 Å². The number of likely N-dealkylation sites (tertiary alicyclic amines) is 1. The molecule has 154 valence electrons. The van der Waals surface area contributed by atoms with Gasteiger partial charge in [-0.25, -0.2) is 4.98 Å². The molecule has 2 aliphatic heterocycles. The van der Waals surface area contributed by atoms with Gasteiger partial charge >= 0.3 is 5.97 Å². The third-order valence-electron chi connectivity index (χ3n) is 5.50. The number of carbonyl (C=O) groups is 1. The number of piperidine rings is 1. The van der Waals surface area contributed by atoms with Crippen molar-refractivity contribution in [2.75, 3.05) is 37.7 Å². The molecule has 0 aliphatic carbocycles. The van der Waals surface area contributed by atoms with Crippen LogP contribution in [-0.2, 0) is 9.53 Å². The molecule has 5 nitrogen and oxygen atoms in total. The van der Waals surface area contributed by atoms with Gasteiger partial charge in [-0.3, -0.25) is 4.79 Å². The summed E-state index contributed by atoms with van der Waals surface area (Å²) in [6.45, 7) is 6.17. The summed E-state index contributed by atoms with van der Waals surface area (Å²) in [4.78, 5) is 23.7. The van der Waals surface area contributed by atoms with Gasteiger partial charge in [-0.15, -0.1) is 0 Å². The molecular formula is C22H26ClN3O2S. The maximum Gasteiger partial charge on any atom is 0.309 e. The smallest absolute Gasteiger partial charge is 0.309 e. The van der Waals surface area contributed by atoms with Gasteiger partial charge in [0.15, 0.2) is 0 Å². The number of ether oxygens (including phenoxy) is 1. The number of rotatable bonds is 6. The topological polar surface area (TPSA) is 45.7 Å². The number of esters is 1. The van der Waals surface area contributed by atoms with Gasteiger partial charge < -0.3 is 14.5 Å². The van der Waals surface area contributed by atoms with Crippen molar-refractivity contribution in [1.29, 1.82) is 0 Å². The average molecular weight is 432 g/mol. The second-order valence-electron chi connectivity index (χ2n) is 7.41. The molecule has 29 heavy (non-hydrogen) atoms. The van der Waals surface area contributed by atoms with Crippen LogP contribution in [0.1, 0.15) is 26.2 Å². The monoisotopic (exact) mass is 431 g/mol. The minimum absolute atomic E-state index is 0.0316. The molecule has 2 aromatic rings. The highest BCUT2D eigenvalue weighted by molar-refractivity contribution is 7.99. The fraction of sp³-hybridized carbons (Fsp3) is 0.455. The highest BCUT2D eigenvalue weighted by Gasteiger charge is 2.27. The van der Waals surface area contributed by atoms with Crippen LogP contribution in [0, 0.1) is 5.92 Å². The Kier molecular flexibility index (Phi) is 6.63. The Balaban J connectivity index is 1.37. The molecule has 1 aromatic carbocycles. The average Bonchev–Trinajstić information content (AvgIpc) is 2.73. The first-order valence-electron chi connectivity index (χ1n) is 10.2. The van der Waals surface area contributed by atoms with E-state index in [1.54, 1.807) is 11.8 Å². The molecule has 4 rings (SSSR count). The molecule has 1 aromatic heterocycles. The van der Waals surface area contributed by atoms with E-state index in [1.807, 2.05) is 31.3 Å². The number of fused-ring (bicyclic) bond motifs is 2. The van der Waals surface area contributed by atoms with Crippen LogP contribution in [0.25, 0.3) is 0 Å². The summed E-state index contributed by atoms with van der Waals surface area (Å²) in [6.07, 6.45) is 4.68. The van der Waals surface area contributed by atoms with Gasteiger partial charge in [-0.1, -0.05) is 23.4 Å². The number of benzene rings is 1. The first kappa shape index (κ1) is 20.5. The molecule has 0 atom stereocenters. The van der Waals surface area contributed by atoms with Gasteiger partial charge in [0, 0.05) is 22.7 Å². The normalized spacial score (nSPS) is 17.0. The van der Waals surface area contributed by atoms with Crippen LogP contribution in [0.15, 0.2) is 46.3 Å². The number of halogens is 1. The summed E-state index contributed by atoms with van der Waals surface area (Å²) in [5.41, 5.74) is 1.17. The standard InChI is InChI=1S/C22H26ClN3O2S/c1-2-28-22(27)16-8-13-25(14-9-16)11-4-12-26-18-7-6-17(23)15-20(18)29-19-5-3-10-24-21(19)26/h3,5-7,10,15-16H,2,4,8-9,11-14H2,1H3. The van der Waals surface area contributed by atoms with Gasteiger partial charge in [0.2, 0.25) is 0 Å². The largest absolute Gasteiger partial charge is 0.466 e. The Morgan fingerprint density at radius 3 is 2.86 bits per heavy atom. The van der Waals surface area contributed by atoms with E-state index in [0.29, 0.717) is 6.61 Å². The Hall–Kier alpha value is -1.76. The van der Waals surface area contributed by atoms with E-state index >= 15 is 0 Å². The summed E-state index contributed by atoms with van der Waals surface area (Å²) in [5, 5.41) is 0.757. The Bertz CT molecular complexity index is 871. The maximum absolute atomic E-state index is 11.9. The number of pyridine rings is 1. The van der Waals surface area contributed by atoms with E-state index in [-0.39, 0.29) is 11.9 Å². The van der Waals surface area contributed by atoms with Crippen molar-refractivity contribution in [3.63, 3.8) is 0 Å². The van der Waals surface area contributed by atoms with Crippen molar-refractivity contribution in [2.45, 2.75) is 36.0 Å². The second kappa shape index (κ2) is 9.37. The molecule has 3 heterocycles. The molecule has 0 N–H and O–H groups in total. The highest BCUT2D eigenvalue weighted by atomic mass is 35.5. The number of nitrogens with zero attached hydrogens (tertiary/aromatic N) is 3. The summed E-state index contributed by atoms with van der Waals surface area (Å²) < 4.78 is 5.17. The first-order valence-corrected chi connectivity index (χ1v) is 11.4. The van der Waals surface area contributed by atoms with Crippen LogP contribution >= 0.6 is 23.4 Å². The maximum atomic E-state index is 11.9. The lowest BCUT2D eigenvalue weighted by Crippen LogP contribution is -2.38. The molecule has 0 bridgehead atoms. The summed E-state index contributed by atoms with van der Waals surface area (Å²) in [6, 6.07) is 10.2. The Labute approximate surface area is 181 Å². The predicted molar refractivity (Wildman–Crippen MR) is 117 cm³/mol. The molecule has 0 spiro atoms. The quantitative estimate of drug-likeness (QED) is 0.599. The molecule has 0 saturated carbocycles. The summed E-state index contributed by atoms with van der Waals surface area (Å²) in [7, 11) is 0. The van der Waals surface area contributed by atoms with Crippen LogP contribution in [0.3, 0.4) is 0 Å². The molecule has 0 radical (unpaired) electrons.